The van der Waals surface area contributed by atoms with Crippen LogP contribution in [-0.4, -0.2) is 114 Å². The zero-order chi connectivity index (χ0) is 30.5. The molecule has 0 spiro atoms. The minimum Gasteiger partial charge on any atom is -0.441 e. The van der Waals surface area contributed by atoms with Crippen molar-refractivity contribution in [1.29, 1.82) is 0 Å². The summed E-state index contributed by atoms with van der Waals surface area (Å²) in [5, 5.41) is 18.1. The molecule has 0 bridgehead atoms. The molecule has 0 radical (unpaired) electrons. The molecule has 0 unspecified atom stereocenters. The minimum absolute atomic E-state index is 0.205. The van der Waals surface area contributed by atoms with Gasteiger partial charge in [0.25, 0.3) is 0 Å². The molecule has 4 saturated heterocycles. The van der Waals surface area contributed by atoms with Crippen molar-refractivity contribution in [2.75, 3.05) is 95.1 Å². The number of amides is 2. The van der Waals surface area contributed by atoms with Crippen LogP contribution in [0.4, 0.5) is 41.1 Å². The number of cyclic esters (lactones) is 2. The first-order valence-electron chi connectivity index (χ1n) is 14.0. The minimum atomic E-state index is -0.815. The molecule has 43 heavy (non-hydrogen) atoms. The summed E-state index contributed by atoms with van der Waals surface area (Å²) in [7, 11) is -0.815. The maximum Gasteiger partial charge on any atom is 0.414 e. The summed E-state index contributed by atoms with van der Waals surface area (Å²) in [5.74, 6) is 2.32. The zero-order valence-electron chi connectivity index (χ0n) is 23.4. The number of benzene rings is 2. The van der Waals surface area contributed by atoms with Gasteiger partial charge in [-0.1, -0.05) is 0 Å². The topological polar surface area (TPSA) is 123 Å². The van der Waals surface area contributed by atoms with Gasteiger partial charge < -0.3 is 29.5 Å². The average molecular weight is 641 g/mol. The highest BCUT2D eigenvalue weighted by molar-refractivity contribution is 7.99. The molecule has 15 heteroatoms. The van der Waals surface area contributed by atoms with Crippen molar-refractivity contribution >= 4 is 57.5 Å². The lowest BCUT2D eigenvalue weighted by Gasteiger charge is -2.29. The Morgan fingerprint density at radius 2 is 1.21 bits per heavy atom. The molecule has 2 aromatic carbocycles. The van der Waals surface area contributed by atoms with Gasteiger partial charge >= 0.3 is 12.2 Å². The number of halogens is 2. The van der Waals surface area contributed by atoms with Gasteiger partial charge in [0, 0.05) is 60.0 Å². The Morgan fingerprint density at radius 1 is 0.767 bits per heavy atom. The molecule has 4 aliphatic rings. The number of hydrogen-bond donors (Lipinski definition) is 2. The van der Waals surface area contributed by atoms with Gasteiger partial charge in [0.05, 0.1) is 49.1 Å². The van der Waals surface area contributed by atoms with E-state index in [0.717, 1.165) is 24.6 Å². The number of nitrogens with zero attached hydrogens (tertiary/aromatic N) is 4. The third-order valence-corrected chi connectivity index (χ3v) is 9.73. The number of carbonyl (C=O) groups excluding carboxylic acids is 2. The van der Waals surface area contributed by atoms with E-state index < -0.39 is 41.0 Å². The number of thioether (sulfide) groups is 1. The van der Waals surface area contributed by atoms with E-state index in [0.29, 0.717) is 47.3 Å². The summed E-state index contributed by atoms with van der Waals surface area (Å²) in [6, 6.07) is 9.37. The Balaban J connectivity index is 0.000000171. The van der Waals surface area contributed by atoms with Crippen LogP contribution in [-0.2, 0) is 20.3 Å². The maximum atomic E-state index is 14.3. The van der Waals surface area contributed by atoms with Crippen LogP contribution in [0.1, 0.15) is 0 Å². The molecule has 0 aliphatic carbocycles. The second-order valence-electron chi connectivity index (χ2n) is 10.3. The lowest BCUT2D eigenvalue weighted by Crippen LogP contribution is -2.38. The van der Waals surface area contributed by atoms with Crippen LogP contribution in [0.25, 0.3) is 0 Å². The van der Waals surface area contributed by atoms with E-state index in [2.05, 4.69) is 0 Å². The number of aliphatic hydroxyl groups excluding tert-OH is 2. The van der Waals surface area contributed by atoms with Crippen LogP contribution in [0.2, 0.25) is 0 Å². The molecule has 2 aromatic rings. The van der Waals surface area contributed by atoms with Gasteiger partial charge in [-0.05, 0) is 36.4 Å². The number of rotatable bonds is 6. The number of hydrogen-bond acceptors (Lipinski definition) is 10. The first-order valence-corrected chi connectivity index (χ1v) is 16.6. The molecule has 6 rings (SSSR count). The highest BCUT2D eigenvalue weighted by atomic mass is 32.2. The van der Waals surface area contributed by atoms with E-state index >= 15 is 0 Å². The smallest absolute Gasteiger partial charge is 0.414 e. The van der Waals surface area contributed by atoms with Crippen LogP contribution < -0.4 is 19.6 Å². The first kappa shape index (κ1) is 31.3. The van der Waals surface area contributed by atoms with Gasteiger partial charge in [-0.3, -0.25) is 14.0 Å². The molecule has 0 aromatic heterocycles. The molecule has 0 saturated carbocycles. The van der Waals surface area contributed by atoms with Crippen molar-refractivity contribution in [1.82, 2.24) is 0 Å². The third kappa shape index (κ3) is 7.33. The van der Waals surface area contributed by atoms with Crippen LogP contribution in [0.3, 0.4) is 0 Å². The van der Waals surface area contributed by atoms with Gasteiger partial charge in [-0.2, -0.15) is 11.8 Å². The van der Waals surface area contributed by atoms with Gasteiger partial charge in [0.15, 0.2) is 0 Å². The summed E-state index contributed by atoms with van der Waals surface area (Å²) in [4.78, 5) is 29.9. The highest BCUT2D eigenvalue weighted by Crippen LogP contribution is 2.30. The lowest BCUT2D eigenvalue weighted by molar-refractivity contribution is 0.0960. The van der Waals surface area contributed by atoms with E-state index in [9.17, 15) is 22.6 Å². The van der Waals surface area contributed by atoms with Crippen LogP contribution in [0, 0.1) is 11.6 Å². The number of ether oxygens (including phenoxy) is 2. The van der Waals surface area contributed by atoms with Crippen molar-refractivity contribution in [3.63, 3.8) is 0 Å². The monoisotopic (exact) mass is 640 g/mol. The Morgan fingerprint density at radius 3 is 1.60 bits per heavy atom. The van der Waals surface area contributed by atoms with E-state index in [-0.39, 0.29) is 32.1 Å². The highest BCUT2D eigenvalue weighted by Gasteiger charge is 2.33. The van der Waals surface area contributed by atoms with E-state index in [4.69, 9.17) is 19.7 Å². The van der Waals surface area contributed by atoms with Gasteiger partial charge in [-0.25, -0.2) is 18.4 Å². The quantitative estimate of drug-likeness (QED) is 0.487. The normalized spacial score (nSPS) is 22.8. The molecule has 234 valence electrons. The van der Waals surface area contributed by atoms with Gasteiger partial charge in [-0.15, -0.1) is 0 Å². The molecule has 4 fully saturated rings. The van der Waals surface area contributed by atoms with Crippen molar-refractivity contribution < 1.29 is 42.3 Å². The Kier molecular flexibility index (Phi) is 10.3. The molecular formula is C28H34F2N4O7S2. The summed E-state index contributed by atoms with van der Waals surface area (Å²) in [6.07, 6.45) is -2.25. The molecule has 2 atom stereocenters. The molecule has 11 nitrogen and oxygen atoms in total. The largest absolute Gasteiger partial charge is 0.441 e. The predicted octanol–water partition coefficient (Wildman–Crippen LogP) is 2.41. The number of aliphatic hydroxyl groups is 2. The van der Waals surface area contributed by atoms with Gasteiger partial charge in [0.1, 0.15) is 23.8 Å². The second kappa shape index (κ2) is 14.1. The number of anilines is 4. The Labute approximate surface area is 254 Å². The van der Waals surface area contributed by atoms with Gasteiger partial charge in [0.2, 0.25) is 0 Å². The molecule has 4 heterocycles. The summed E-state index contributed by atoms with van der Waals surface area (Å²) < 4.78 is 49.9. The van der Waals surface area contributed by atoms with Crippen molar-refractivity contribution in [3.8, 4) is 0 Å². The molecule has 2 amide bonds. The van der Waals surface area contributed by atoms with Crippen molar-refractivity contribution in [2.24, 2.45) is 0 Å². The number of carbonyl (C=O) groups is 2. The van der Waals surface area contributed by atoms with E-state index in [1.54, 1.807) is 24.3 Å². The fourth-order valence-electron chi connectivity index (χ4n) is 5.18. The SMILES string of the molecule is O=C1O[C@@H](CO)CN1c1ccc(N2CCS(=O)CC2)c(F)c1.O=C1O[C@@H](CO)CN1c1ccc(N2CCSCC2)c(F)c1. The fraction of sp³-hybridized carbons (Fsp3) is 0.500. The lowest BCUT2D eigenvalue weighted by atomic mass is 10.2. The second-order valence-corrected chi connectivity index (χ2v) is 13.2. The van der Waals surface area contributed by atoms with Crippen molar-refractivity contribution in [3.05, 3.63) is 48.0 Å². The van der Waals surface area contributed by atoms with Crippen molar-refractivity contribution in [2.45, 2.75) is 12.2 Å². The maximum absolute atomic E-state index is 14.3. The predicted molar refractivity (Wildman–Crippen MR) is 162 cm³/mol. The third-order valence-electron chi connectivity index (χ3n) is 7.51. The summed E-state index contributed by atoms with van der Waals surface area (Å²) >= 11 is 1.87. The average Bonchev–Trinajstić information content (AvgIpc) is 3.60. The van der Waals surface area contributed by atoms with Crippen LogP contribution in [0.5, 0.6) is 0 Å². The van der Waals surface area contributed by atoms with E-state index in [1.165, 1.54) is 21.9 Å². The summed E-state index contributed by atoms with van der Waals surface area (Å²) in [5.41, 5.74) is 1.89. The fourth-order valence-corrected chi connectivity index (χ4v) is 7.13. The van der Waals surface area contributed by atoms with Crippen LogP contribution >= 0.6 is 11.8 Å². The molecule has 2 N–H and O–H groups in total. The first-order chi connectivity index (χ1) is 20.8. The Bertz CT molecular complexity index is 1340. The van der Waals surface area contributed by atoms with E-state index in [1.807, 2.05) is 21.6 Å². The zero-order valence-corrected chi connectivity index (χ0v) is 25.0. The summed E-state index contributed by atoms with van der Waals surface area (Å²) in [6.45, 7) is 2.74. The molecular weight excluding hydrogens is 606 g/mol. The van der Waals surface area contributed by atoms with Crippen LogP contribution in [0.15, 0.2) is 36.4 Å². The Hall–Kier alpha value is -3.14. The standard InChI is InChI=1S/C14H17FN2O4S.C14H17FN2O3S/c15-12-7-10(17-8-11(9-18)21-14(17)19)1-2-13(12)16-3-5-22(20)6-4-16;15-12-7-10(17-8-11(9-18)20-14(17)19)1-2-13(12)16-3-5-21-6-4-16/h1-2,7,11,18H,3-6,8-9H2;1-2,7,11,18H,3-6,8-9H2/t2*11-/m11/s1. The molecule has 4 aliphatic heterocycles.